The molecule has 0 saturated carbocycles. The number of carboxylic acids is 1. The van der Waals surface area contributed by atoms with Crippen LogP contribution in [0.2, 0.25) is 0 Å². The number of amides is 1. The summed E-state index contributed by atoms with van der Waals surface area (Å²) in [6.45, 7) is 2.66. The number of rotatable bonds is 5. The third-order valence-electron chi connectivity index (χ3n) is 2.47. The van der Waals surface area contributed by atoms with Gasteiger partial charge in [0.25, 0.3) is 0 Å². The molecule has 1 fully saturated rings. The molecule has 1 aliphatic rings. The number of hydrogen-bond acceptors (Lipinski definition) is 4. The summed E-state index contributed by atoms with van der Waals surface area (Å²) in [6, 6.07) is -0.589. The second kappa shape index (κ2) is 6.75. The Balaban J connectivity index is 2.31. The van der Waals surface area contributed by atoms with Crippen molar-refractivity contribution in [3.05, 3.63) is 0 Å². The molecule has 5 nitrogen and oxygen atoms in total. The molecule has 0 aromatic carbocycles. The van der Waals surface area contributed by atoms with Crippen LogP contribution in [0.3, 0.4) is 0 Å². The molecule has 0 radical (unpaired) electrons. The van der Waals surface area contributed by atoms with Gasteiger partial charge >= 0.3 is 5.97 Å². The maximum atomic E-state index is 11.6. The Morgan fingerprint density at radius 1 is 1.62 bits per heavy atom. The van der Waals surface area contributed by atoms with Crippen LogP contribution < -0.4 is 10.6 Å². The van der Waals surface area contributed by atoms with Gasteiger partial charge in [-0.3, -0.25) is 4.79 Å². The number of carboxylic acid groups (broad SMARTS) is 1. The van der Waals surface area contributed by atoms with E-state index in [1.807, 2.05) is 11.8 Å². The number of carbonyl (C=O) groups excluding carboxylic acids is 1. The van der Waals surface area contributed by atoms with Gasteiger partial charge in [0.05, 0.1) is 0 Å². The molecule has 1 rings (SSSR count). The third-order valence-corrected chi connectivity index (χ3v) is 3.60. The molecule has 0 aromatic heterocycles. The normalized spacial score (nSPS) is 22.4. The van der Waals surface area contributed by atoms with Crippen LogP contribution >= 0.6 is 11.8 Å². The van der Waals surface area contributed by atoms with Crippen molar-refractivity contribution in [3.63, 3.8) is 0 Å². The maximum absolute atomic E-state index is 11.6. The molecule has 6 heteroatoms. The van der Waals surface area contributed by atoms with Gasteiger partial charge in [-0.1, -0.05) is 6.92 Å². The van der Waals surface area contributed by atoms with Crippen LogP contribution in [0.25, 0.3) is 0 Å². The number of nitrogens with one attached hydrogen (secondary N) is 2. The van der Waals surface area contributed by atoms with E-state index in [1.165, 1.54) is 0 Å². The first-order chi connectivity index (χ1) is 7.63. The van der Waals surface area contributed by atoms with Gasteiger partial charge in [0, 0.05) is 30.5 Å². The molecule has 1 aliphatic heterocycles. The van der Waals surface area contributed by atoms with Crippen molar-refractivity contribution in [2.24, 2.45) is 0 Å². The predicted octanol–water partition coefficient (Wildman–Crippen LogP) is 0.0609. The summed E-state index contributed by atoms with van der Waals surface area (Å²) in [5, 5.41) is 14.6. The molecular weight excluding hydrogens is 228 g/mol. The Morgan fingerprint density at radius 2 is 2.38 bits per heavy atom. The highest BCUT2D eigenvalue weighted by Gasteiger charge is 2.21. The van der Waals surface area contributed by atoms with Crippen LogP contribution in [0, 0.1) is 0 Å². The van der Waals surface area contributed by atoms with Gasteiger partial charge in [-0.05, 0) is 6.42 Å². The zero-order valence-electron chi connectivity index (χ0n) is 9.36. The highest BCUT2D eigenvalue weighted by molar-refractivity contribution is 7.99. The van der Waals surface area contributed by atoms with Gasteiger partial charge in [-0.2, -0.15) is 11.8 Å². The minimum absolute atomic E-state index is 0.171. The summed E-state index contributed by atoms with van der Waals surface area (Å²) in [6.07, 6.45) is 0.769. The highest BCUT2D eigenvalue weighted by Crippen LogP contribution is 2.10. The fourth-order valence-corrected chi connectivity index (χ4v) is 2.52. The third kappa shape index (κ3) is 4.40. The molecular formula is C10H18N2O3S. The zero-order chi connectivity index (χ0) is 12.0. The Kier molecular flexibility index (Phi) is 5.62. The van der Waals surface area contributed by atoms with Gasteiger partial charge in [-0.15, -0.1) is 0 Å². The van der Waals surface area contributed by atoms with Gasteiger partial charge in [-0.25, -0.2) is 4.79 Å². The molecule has 1 amide bonds. The van der Waals surface area contributed by atoms with Crippen molar-refractivity contribution in [3.8, 4) is 0 Å². The maximum Gasteiger partial charge on any atom is 0.326 e. The van der Waals surface area contributed by atoms with E-state index in [0.717, 1.165) is 18.1 Å². The van der Waals surface area contributed by atoms with E-state index in [-0.39, 0.29) is 11.9 Å². The highest BCUT2D eigenvalue weighted by atomic mass is 32.2. The summed E-state index contributed by atoms with van der Waals surface area (Å²) < 4.78 is 0. The van der Waals surface area contributed by atoms with Crippen molar-refractivity contribution in [1.82, 2.24) is 10.6 Å². The first kappa shape index (κ1) is 13.3. The molecule has 0 bridgehead atoms. The van der Waals surface area contributed by atoms with Crippen molar-refractivity contribution >= 4 is 23.6 Å². The number of thioether (sulfide) groups is 1. The molecule has 0 aliphatic carbocycles. The van der Waals surface area contributed by atoms with Gasteiger partial charge < -0.3 is 15.7 Å². The van der Waals surface area contributed by atoms with Crippen LogP contribution in [0.15, 0.2) is 0 Å². The smallest absolute Gasteiger partial charge is 0.326 e. The molecule has 1 saturated heterocycles. The lowest BCUT2D eigenvalue weighted by molar-refractivity contribution is -0.141. The number of carbonyl (C=O) groups is 2. The van der Waals surface area contributed by atoms with Crippen LogP contribution in [0.5, 0.6) is 0 Å². The molecule has 3 N–H and O–H groups in total. The average Bonchev–Trinajstić information content (AvgIpc) is 2.27. The molecule has 0 aromatic rings. The van der Waals surface area contributed by atoms with Crippen molar-refractivity contribution < 1.29 is 14.7 Å². The lowest BCUT2D eigenvalue weighted by atomic mass is 10.2. The summed E-state index contributed by atoms with van der Waals surface area (Å²) >= 11 is 1.82. The molecule has 0 spiro atoms. The fraction of sp³-hybridized carbons (Fsp3) is 0.800. The van der Waals surface area contributed by atoms with Gasteiger partial charge in [0.15, 0.2) is 0 Å². The fourth-order valence-electron chi connectivity index (χ4n) is 1.57. The molecule has 16 heavy (non-hydrogen) atoms. The minimum Gasteiger partial charge on any atom is -0.480 e. The van der Waals surface area contributed by atoms with E-state index in [0.29, 0.717) is 12.8 Å². The first-order valence-corrected chi connectivity index (χ1v) is 6.62. The van der Waals surface area contributed by atoms with Crippen LogP contribution in [-0.2, 0) is 9.59 Å². The van der Waals surface area contributed by atoms with E-state index in [2.05, 4.69) is 10.6 Å². The monoisotopic (exact) mass is 246 g/mol. The van der Waals surface area contributed by atoms with Gasteiger partial charge in [0.2, 0.25) is 5.91 Å². The lowest BCUT2D eigenvalue weighted by Crippen LogP contribution is -2.45. The summed E-state index contributed by atoms with van der Waals surface area (Å²) in [5.74, 6) is 0.832. The van der Waals surface area contributed by atoms with Crippen LogP contribution in [0.4, 0.5) is 0 Å². The quantitative estimate of drug-likeness (QED) is 0.639. The molecule has 1 unspecified atom stereocenters. The lowest BCUT2D eigenvalue weighted by Gasteiger charge is -2.23. The molecule has 92 valence electrons. The Bertz CT molecular complexity index is 254. The SMILES string of the molecule is CC[C@@H](NC(=O)CC1CSCCN1)C(=O)O. The van der Waals surface area contributed by atoms with Crippen LogP contribution in [0.1, 0.15) is 19.8 Å². The second-order valence-electron chi connectivity index (χ2n) is 3.80. The molecule has 2 atom stereocenters. The van der Waals surface area contributed by atoms with Crippen molar-refractivity contribution in [2.45, 2.75) is 31.8 Å². The number of hydrogen-bond donors (Lipinski definition) is 3. The topological polar surface area (TPSA) is 78.4 Å². The standard InChI is InChI=1S/C10H18N2O3S/c1-2-8(10(14)15)12-9(13)5-7-6-16-4-3-11-7/h7-8,11H,2-6H2,1H3,(H,12,13)(H,14,15)/t7?,8-/m1/s1. The average molecular weight is 246 g/mol. The van der Waals surface area contributed by atoms with Crippen molar-refractivity contribution in [1.29, 1.82) is 0 Å². The minimum atomic E-state index is -0.971. The van der Waals surface area contributed by atoms with Crippen molar-refractivity contribution in [2.75, 3.05) is 18.1 Å². The van der Waals surface area contributed by atoms with E-state index in [4.69, 9.17) is 5.11 Å². The summed E-state index contributed by atoms with van der Waals surface area (Å²) in [5.41, 5.74) is 0. The van der Waals surface area contributed by atoms with Gasteiger partial charge in [0.1, 0.15) is 6.04 Å². The largest absolute Gasteiger partial charge is 0.480 e. The number of aliphatic carboxylic acids is 1. The summed E-state index contributed by atoms with van der Waals surface area (Å²) in [4.78, 5) is 22.3. The Labute approximate surface area is 99.4 Å². The predicted molar refractivity (Wildman–Crippen MR) is 63.6 cm³/mol. The zero-order valence-corrected chi connectivity index (χ0v) is 10.2. The van der Waals surface area contributed by atoms with E-state index in [1.54, 1.807) is 6.92 Å². The Hall–Kier alpha value is -0.750. The Morgan fingerprint density at radius 3 is 2.88 bits per heavy atom. The molecule has 1 heterocycles. The first-order valence-electron chi connectivity index (χ1n) is 5.46. The van der Waals surface area contributed by atoms with E-state index >= 15 is 0 Å². The summed E-state index contributed by atoms with van der Waals surface area (Å²) in [7, 11) is 0. The second-order valence-corrected chi connectivity index (χ2v) is 4.95. The van der Waals surface area contributed by atoms with E-state index in [9.17, 15) is 9.59 Å². The van der Waals surface area contributed by atoms with E-state index < -0.39 is 12.0 Å². The van der Waals surface area contributed by atoms with Crippen LogP contribution in [-0.4, -0.2) is 47.1 Å².